The minimum atomic E-state index is -1.18. The lowest BCUT2D eigenvalue weighted by Crippen LogP contribution is -2.24. The number of hydrogen-bond donors (Lipinski definition) is 0. The standard InChI is InChI=1S/C30H25N3O3S/c34-30(35)25-10-8-22(9-11-25)19-33(20-27-7-4-18-37-27)28-16-17-31-29(32-28)24-12-14-26(15-13-24)36-21-23-5-2-1-3-6-23/h1-18H,19-21H2,(H,34,35)/p-1. The fraction of sp³-hybridized carbons (Fsp3) is 0.100. The van der Waals surface area contributed by atoms with Crippen LogP contribution < -0.4 is 14.7 Å². The van der Waals surface area contributed by atoms with Crippen molar-refractivity contribution < 1.29 is 14.6 Å². The Hall–Kier alpha value is -4.49. The Morgan fingerprint density at radius 1 is 0.838 bits per heavy atom. The molecular weight excluding hydrogens is 482 g/mol. The highest BCUT2D eigenvalue weighted by Crippen LogP contribution is 2.25. The van der Waals surface area contributed by atoms with Crippen molar-refractivity contribution in [3.63, 3.8) is 0 Å². The second-order valence-electron chi connectivity index (χ2n) is 8.46. The number of carboxylic acid groups (broad SMARTS) is 1. The van der Waals surface area contributed by atoms with E-state index >= 15 is 0 Å². The van der Waals surface area contributed by atoms with Gasteiger partial charge in [-0.15, -0.1) is 11.3 Å². The van der Waals surface area contributed by atoms with Gasteiger partial charge in [0.15, 0.2) is 5.82 Å². The van der Waals surface area contributed by atoms with Crippen LogP contribution in [0.2, 0.25) is 0 Å². The third-order valence-corrected chi connectivity index (χ3v) is 6.68. The third kappa shape index (κ3) is 6.39. The van der Waals surface area contributed by atoms with E-state index in [0.717, 1.165) is 28.3 Å². The molecule has 184 valence electrons. The van der Waals surface area contributed by atoms with E-state index in [1.165, 1.54) is 4.88 Å². The number of thiophene rings is 1. The summed E-state index contributed by atoms with van der Waals surface area (Å²) in [6.45, 7) is 1.74. The van der Waals surface area contributed by atoms with Gasteiger partial charge in [0.25, 0.3) is 0 Å². The van der Waals surface area contributed by atoms with E-state index in [2.05, 4.69) is 21.3 Å². The van der Waals surface area contributed by atoms with E-state index in [-0.39, 0.29) is 5.56 Å². The van der Waals surface area contributed by atoms with Gasteiger partial charge in [-0.05, 0) is 58.5 Å². The first-order valence-corrected chi connectivity index (χ1v) is 12.7. The van der Waals surface area contributed by atoms with Gasteiger partial charge >= 0.3 is 0 Å². The Labute approximate surface area is 219 Å². The molecular formula is C30H24N3O3S-. The van der Waals surface area contributed by atoms with Crippen LogP contribution in [0.15, 0.2) is 109 Å². The molecule has 0 amide bonds. The summed E-state index contributed by atoms with van der Waals surface area (Å²) in [7, 11) is 0. The zero-order valence-corrected chi connectivity index (χ0v) is 20.8. The lowest BCUT2D eigenvalue weighted by atomic mass is 10.1. The van der Waals surface area contributed by atoms with Crippen LogP contribution in [0.4, 0.5) is 5.82 Å². The summed E-state index contributed by atoms with van der Waals surface area (Å²) in [4.78, 5) is 23.8. The molecule has 0 aliphatic carbocycles. The van der Waals surface area contributed by atoms with E-state index in [4.69, 9.17) is 9.72 Å². The summed E-state index contributed by atoms with van der Waals surface area (Å²) < 4.78 is 5.90. The molecule has 0 unspecified atom stereocenters. The van der Waals surface area contributed by atoms with Gasteiger partial charge in [0, 0.05) is 23.2 Å². The van der Waals surface area contributed by atoms with Gasteiger partial charge in [0.2, 0.25) is 0 Å². The molecule has 0 aliphatic heterocycles. The van der Waals surface area contributed by atoms with Gasteiger partial charge in [0.1, 0.15) is 18.2 Å². The molecule has 3 aromatic carbocycles. The first kappa shape index (κ1) is 24.2. The molecule has 2 heterocycles. The molecule has 0 atom stereocenters. The van der Waals surface area contributed by atoms with E-state index < -0.39 is 5.97 Å². The summed E-state index contributed by atoms with van der Waals surface area (Å²) in [6.07, 6.45) is 1.76. The minimum absolute atomic E-state index is 0.161. The summed E-state index contributed by atoms with van der Waals surface area (Å²) in [6, 6.07) is 30.6. The molecule has 37 heavy (non-hydrogen) atoms. The molecule has 6 nitrogen and oxygen atoms in total. The van der Waals surface area contributed by atoms with Gasteiger partial charge in [-0.1, -0.05) is 60.7 Å². The second kappa shape index (κ2) is 11.5. The maximum absolute atomic E-state index is 11.1. The summed E-state index contributed by atoms with van der Waals surface area (Å²) in [5.41, 5.74) is 3.14. The second-order valence-corrected chi connectivity index (χ2v) is 9.49. The van der Waals surface area contributed by atoms with Crippen LogP contribution in [0, 0.1) is 0 Å². The zero-order valence-electron chi connectivity index (χ0n) is 20.0. The average Bonchev–Trinajstić information content (AvgIpc) is 3.46. The number of aromatic nitrogens is 2. The summed E-state index contributed by atoms with van der Waals surface area (Å²) in [5.74, 6) is 1.00. The van der Waals surface area contributed by atoms with Crippen LogP contribution in [-0.4, -0.2) is 15.9 Å². The van der Waals surface area contributed by atoms with Crippen LogP contribution in [0.5, 0.6) is 5.75 Å². The molecule has 0 aliphatic rings. The highest BCUT2D eigenvalue weighted by Gasteiger charge is 2.13. The molecule has 0 radical (unpaired) electrons. The number of aromatic carboxylic acids is 1. The quantitative estimate of drug-likeness (QED) is 0.254. The summed E-state index contributed by atoms with van der Waals surface area (Å²) in [5, 5.41) is 13.2. The van der Waals surface area contributed by atoms with Crippen LogP contribution >= 0.6 is 11.3 Å². The molecule has 0 saturated carbocycles. The van der Waals surface area contributed by atoms with Crippen molar-refractivity contribution in [1.29, 1.82) is 0 Å². The Bertz CT molecular complexity index is 1440. The van der Waals surface area contributed by atoms with Crippen LogP contribution in [0.1, 0.15) is 26.4 Å². The van der Waals surface area contributed by atoms with Crippen molar-refractivity contribution in [1.82, 2.24) is 9.97 Å². The minimum Gasteiger partial charge on any atom is -0.545 e. The lowest BCUT2D eigenvalue weighted by Gasteiger charge is -2.24. The van der Waals surface area contributed by atoms with Crippen molar-refractivity contribution in [3.8, 4) is 17.1 Å². The number of nitrogens with zero attached hydrogens (tertiary/aromatic N) is 3. The lowest BCUT2D eigenvalue weighted by molar-refractivity contribution is -0.255. The molecule has 0 spiro atoms. The van der Waals surface area contributed by atoms with E-state index in [9.17, 15) is 9.90 Å². The Kier molecular flexibility index (Phi) is 7.52. The smallest absolute Gasteiger partial charge is 0.161 e. The summed E-state index contributed by atoms with van der Waals surface area (Å²) >= 11 is 1.68. The normalized spacial score (nSPS) is 10.7. The van der Waals surface area contributed by atoms with Gasteiger partial charge in [-0.25, -0.2) is 9.97 Å². The Morgan fingerprint density at radius 2 is 1.62 bits per heavy atom. The first-order chi connectivity index (χ1) is 18.1. The van der Waals surface area contributed by atoms with Crippen LogP contribution in [0.3, 0.4) is 0 Å². The molecule has 2 aromatic heterocycles. The highest BCUT2D eigenvalue weighted by molar-refractivity contribution is 7.09. The average molecular weight is 507 g/mol. The number of ether oxygens (including phenoxy) is 1. The Balaban J connectivity index is 1.34. The van der Waals surface area contributed by atoms with Crippen molar-refractivity contribution in [2.24, 2.45) is 0 Å². The Morgan fingerprint density at radius 3 is 2.32 bits per heavy atom. The van der Waals surface area contributed by atoms with Crippen molar-refractivity contribution in [3.05, 3.63) is 130 Å². The molecule has 0 saturated heterocycles. The van der Waals surface area contributed by atoms with Crippen LogP contribution in [0.25, 0.3) is 11.4 Å². The van der Waals surface area contributed by atoms with Crippen molar-refractivity contribution in [2.45, 2.75) is 19.7 Å². The van der Waals surface area contributed by atoms with Gasteiger partial charge < -0.3 is 19.5 Å². The fourth-order valence-corrected chi connectivity index (χ4v) is 4.60. The predicted octanol–water partition coefficient (Wildman–Crippen LogP) is 5.35. The molecule has 0 fully saturated rings. The largest absolute Gasteiger partial charge is 0.545 e. The van der Waals surface area contributed by atoms with E-state index in [1.807, 2.05) is 78.9 Å². The molecule has 5 rings (SSSR count). The first-order valence-electron chi connectivity index (χ1n) is 11.8. The van der Waals surface area contributed by atoms with Crippen LogP contribution in [-0.2, 0) is 19.7 Å². The monoisotopic (exact) mass is 506 g/mol. The van der Waals surface area contributed by atoms with Gasteiger partial charge in [-0.2, -0.15) is 0 Å². The van der Waals surface area contributed by atoms with E-state index in [0.29, 0.717) is 25.5 Å². The number of carbonyl (C=O) groups excluding carboxylic acids is 1. The molecule has 5 aromatic rings. The fourth-order valence-electron chi connectivity index (χ4n) is 3.88. The van der Waals surface area contributed by atoms with Gasteiger partial charge in [-0.3, -0.25) is 0 Å². The maximum Gasteiger partial charge on any atom is 0.161 e. The molecule has 0 N–H and O–H groups in total. The number of hydrogen-bond acceptors (Lipinski definition) is 7. The number of carbonyl (C=O) groups is 1. The van der Waals surface area contributed by atoms with Gasteiger partial charge in [0.05, 0.1) is 12.5 Å². The molecule has 7 heteroatoms. The van der Waals surface area contributed by atoms with Crippen molar-refractivity contribution in [2.75, 3.05) is 4.90 Å². The van der Waals surface area contributed by atoms with E-state index in [1.54, 1.807) is 29.7 Å². The predicted molar refractivity (Wildman–Crippen MR) is 143 cm³/mol. The topological polar surface area (TPSA) is 78.4 Å². The SMILES string of the molecule is O=C([O-])c1ccc(CN(Cc2cccs2)c2ccnc(-c3ccc(OCc4ccccc4)cc3)n2)cc1. The highest BCUT2D eigenvalue weighted by atomic mass is 32.1. The van der Waals surface area contributed by atoms with Crippen molar-refractivity contribution >= 4 is 23.1 Å². The third-order valence-electron chi connectivity index (χ3n) is 5.82. The number of carboxylic acids is 1. The maximum atomic E-state index is 11.1. The number of anilines is 1. The number of benzene rings is 3. The zero-order chi connectivity index (χ0) is 25.5. The molecule has 0 bridgehead atoms. The number of rotatable bonds is 10.